The molecule has 2 rings (SSSR count). The molecule has 2 N–H and O–H groups in total. The molecule has 0 saturated carbocycles. The minimum absolute atomic E-state index is 0.302. The van der Waals surface area contributed by atoms with Gasteiger partial charge in [-0.1, -0.05) is 6.07 Å². The molecule has 22 heavy (non-hydrogen) atoms. The van der Waals surface area contributed by atoms with Crippen molar-refractivity contribution in [2.45, 2.75) is 39.2 Å². The molecule has 0 bridgehead atoms. The summed E-state index contributed by atoms with van der Waals surface area (Å²) in [4.78, 5) is 16.1. The minimum Gasteiger partial charge on any atom is -0.444 e. The van der Waals surface area contributed by atoms with Crippen molar-refractivity contribution in [1.29, 1.82) is 0 Å². The van der Waals surface area contributed by atoms with Gasteiger partial charge >= 0.3 is 6.09 Å². The molecular formula is C15H20N2O4S. The first-order valence-corrected chi connectivity index (χ1v) is 7.67. The largest absolute Gasteiger partial charge is 0.444 e. The van der Waals surface area contributed by atoms with Gasteiger partial charge in [0.05, 0.1) is 16.8 Å². The average Bonchev–Trinajstić information content (AvgIpc) is 2.84. The van der Waals surface area contributed by atoms with E-state index in [1.165, 1.54) is 18.4 Å². The minimum atomic E-state index is -0.949. The quantitative estimate of drug-likeness (QED) is 0.845. The highest BCUT2D eigenvalue weighted by Crippen LogP contribution is 2.26. The zero-order valence-corrected chi connectivity index (χ0v) is 13.9. The van der Waals surface area contributed by atoms with Gasteiger partial charge in [0.2, 0.25) is 0 Å². The number of benzene rings is 1. The normalized spacial score (nSPS) is 13.1. The zero-order chi connectivity index (χ0) is 16.3. The van der Waals surface area contributed by atoms with E-state index in [9.17, 15) is 9.90 Å². The summed E-state index contributed by atoms with van der Waals surface area (Å²) < 4.78 is 11.0. The van der Waals surface area contributed by atoms with Crippen LogP contribution in [0.4, 0.5) is 4.79 Å². The Bertz CT molecular complexity index is 663. The van der Waals surface area contributed by atoms with Gasteiger partial charge in [0.15, 0.2) is 6.29 Å². The maximum Gasteiger partial charge on any atom is 0.408 e. The van der Waals surface area contributed by atoms with Crippen LogP contribution in [0.5, 0.6) is 0 Å². The standard InChI is InChI=1S/C15H20N2O4S/c1-15(2,3)21-14(19)16-8-12-17-10-6-5-9(13(18)20-4)7-11(10)22-12/h5-7,13,18H,8H2,1-4H3,(H,16,19). The topological polar surface area (TPSA) is 80.7 Å². The Kier molecular flexibility index (Phi) is 5.00. The fourth-order valence-corrected chi connectivity index (χ4v) is 2.77. The molecule has 1 amide bonds. The molecule has 0 saturated heterocycles. The van der Waals surface area contributed by atoms with Crippen molar-refractivity contribution < 1.29 is 19.4 Å². The fraction of sp³-hybridized carbons (Fsp3) is 0.467. The van der Waals surface area contributed by atoms with E-state index in [0.717, 1.165) is 15.2 Å². The number of hydrogen-bond donors (Lipinski definition) is 2. The number of thiazole rings is 1. The van der Waals surface area contributed by atoms with Crippen LogP contribution in [0.1, 0.15) is 37.6 Å². The SMILES string of the molecule is COC(O)c1ccc2nc(CNC(=O)OC(C)(C)C)sc2c1. The van der Waals surface area contributed by atoms with E-state index >= 15 is 0 Å². The van der Waals surface area contributed by atoms with Crippen LogP contribution in [-0.2, 0) is 16.0 Å². The summed E-state index contributed by atoms with van der Waals surface area (Å²) in [7, 11) is 1.44. The molecule has 0 radical (unpaired) electrons. The molecule has 0 aliphatic carbocycles. The van der Waals surface area contributed by atoms with Gasteiger partial charge in [0, 0.05) is 12.7 Å². The highest BCUT2D eigenvalue weighted by atomic mass is 32.1. The Morgan fingerprint density at radius 2 is 2.18 bits per heavy atom. The lowest BCUT2D eigenvalue weighted by molar-refractivity contribution is -0.0768. The van der Waals surface area contributed by atoms with Crippen LogP contribution in [0.25, 0.3) is 10.2 Å². The molecule has 120 valence electrons. The van der Waals surface area contributed by atoms with Gasteiger partial charge in [0.25, 0.3) is 0 Å². The number of aromatic nitrogens is 1. The third-order valence-corrected chi connectivity index (χ3v) is 3.77. The van der Waals surface area contributed by atoms with Crippen LogP contribution in [0.2, 0.25) is 0 Å². The van der Waals surface area contributed by atoms with Crippen molar-refractivity contribution in [3.05, 3.63) is 28.8 Å². The summed E-state index contributed by atoms with van der Waals surface area (Å²) in [6.45, 7) is 5.74. The Balaban J connectivity index is 2.05. The van der Waals surface area contributed by atoms with E-state index in [2.05, 4.69) is 10.3 Å². The second-order valence-corrected chi connectivity index (χ2v) is 6.89. The number of rotatable bonds is 4. The van der Waals surface area contributed by atoms with Crippen molar-refractivity contribution >= 4 is 27.6 Å². The molecule has 0 aliphatic rings. The number of aliphatic hydroxyl groups excluding tert-OH is 1. The summed E-state index contributed by atoms with van der Waals surface area (Å²) in [5, 5.41) is 13.1. The molecule has 1 heterocycles. The van der Waals surface area contributed by atoms with Crippen molar-refractivity contribution in [2.75, 3.05) is 7.11 Å². The van der Waals surface area contributed by atoms with Gasteiger partial charge in [0.1, 0.15) is 10.6 Å². The lowest BCUT2D eigenvalue weighted by Gasteiger charge is -2.19. The summed E-state index contributed by atoms with van der Waals surface area (Å²) in [6, 6.07) is 5.42. The first-order chi connectivity index (χ1) is 10.3. The number of aliphatic hydroxyl groups is 1. The van der Waals surface area contributed by atoms with Crippen LogP contribution in [0, 0.1) is 0 Å². The Labute approximate surface area is 133 Å². The van der Waals surface area contributed by atoms with Gasteiger partial charge in [-0.3, -0.25) is 0 Å². The summed E-state index contributed by atoms with van der Waals surface area (Å²) in [5.74, 6) is 0. The fourth-order valence-electron chi connectivity index (χ4n) is 1.82. The van der Waals surface area contributed by atoms with Crippen LogP contribution in [0.15, 0.2) is 18.2 Å². The van der Waals surface area contributed by atoms with Gasteiger partial charge < -0.3 is 19.9 Å². The molecule has 0 fully saturated rings. The van der Waals surface area contributed by atoms with E-state index in [1.807, 2.05) is 32.9 Å². The molecule has 0 spiro atoms. The number of alkyl carbamates (subject to hydrolysis) is 1. The summed E-state index contributed by atoms with van der Waals surface area (Å²) in [5.41, 5.74) is 0.964. The van der Waals surface area contributed by atoms with E-state index in [4.69, 9.17) is 9.47 Å². The number of fused-ring (bicyclic) bond motifs is 1. The zero-order valence-electron chi connectivity index (χ0n) is 13.0. The van der Waals surface area contributed by atoms with Crippen molar-refractivity contribution in [2.24, 2.45) is 0 Å². The Morgan fingerprint density at radius 3 is 2.82 bits per heavy atom. The van der Waals surface area contributed by atoms with Gasteiger partial charge in [-0.25, -0.2) is 9.78 Å². The number of nitrogens with one attached hydrogen (secondary N) is 1. The van der Waals surface area contributed by atoms with Crippen LogP contribution >= 0.6 is 11.3 Å². The lowest BCUT2D eigenvalue weighted by Crippen LogP contribution is -2.32. The van der Waals surface area contributed by atoms with Gasteiger partial charge in [-0.15, -0.1) is 11.3 Å². The molecule has 0 aliphatic heterocycles. The van der Waals surface area contributed by atoms with E-state index in [0.29, 0.717) is 12.1 Å². The molecule has 1 aromatic carbocycles. The number of carbonyl (C=O) groups is 1. The first-order valence-electron chi connectivity index (χ1n) is 6.85. The monoisotopic (exact) mass is 324 g/mol. The summed E-state index contributed by atoms with van der Waals surface area (Å²) in [6.07, 6.45) is -1.42. The molecule has 1 atom stereocenters. The number of amides is 1. The predicted molar refractivity (Wildman–Crippen MR) is 84.7 cm³/mol. The number of methoxy groups -OCH3 is 1. The molecule has 1 unspecified atom stereocenters. The maximum absolute atomic E-state index is 11.6. The van der Waals surface area contributed by atoms with E-state index in [1.54, 1.807) is 6.07 Å². The number of nitrogens with zero attached hydrogens (tertiary/aromatic N) is 1. The maximum atomic E-state index is 11.6. The van der Waals surface area contributed by atoms with Gasteiger partial charge in [-0.2, -0.15) is 0 Å². The molecular weight excluding hydrogens is 304 g/mol. The van der Waals surface area contributed by atoms with Crippen molar-refractivity contribution in [1.82, 2.24) is 10.3 Å². The van der Waals surface area contributed by atoms with Crippen molar-refractivity contribution in [3.63, 3.8) is 0 Å². The smallest absolute Gasteiger partial charge is 0.408 e. The van der Waals surface area contributed by atoms with Gasteiger partial charge in [-0.05, 0) is 32.9 Å². The number of hydrogen-bond acceptors (Lipinski definition) is 6. The van der Waals surface area contributed by atoms with E-state index in [-0.39, 0.29) is 0 Å². The third kappa shape index (κ3) is 4.40. The highest BCUT2D eigenvalue weighted by Gasteiger charge is 2.16. The molecule has 2 aromatic rings. The average molecular weight is 324 g/mol. The predicted octanol–water partition coefficient (Wildman–Crippen LogP) is 2.96. The highest BCUT2D eigenvalue weighted by molar-refractivity contribution is 7.18. The Morgan fingerprint density at radius 1 is 1.45 bits per heavy atom. The molecule has 6 nitrogen and oxygen atoms in total. The second kappa shape index (κ2) is 6.60. The van der Waals surface area contributed by atoms with Crippen molar-refractivity contribution in [3.8, 4) is 0 Å². The number of ether oxygens (including phenoxy) is 2. The lowest BCUT2D eigenvalue weighted by atomic mass is 10.2. The first kappa shape index (κ1) is 16.7. The van der Waals surface area contributed by atoms with E-state index < -0.39 is 18.0 Å². The third-order valence-electron chi connectivity index (χ3n) is 2.75. The van der Waals surface area contributed by atoms with Crippen LogP contribution in [0.3, 0.4) is 0 Å². The van der Waals surface area contributed by atoms with Crippen LogP contribution in [-0.4, -0.2) is 28.9 Å². The second-order valence-electron chi connectivity index (χ2n) is 5.78. The Hall–Kier alpha value is -1.70. The molecule has 7 heteroatoms. The summed E-state index contributed by atoms with van der Waals surface area (Å²) >= 11 is 1.45. The molecule has 1 aromatic heterocycles. The number of carbonyl (C=O) groups excluding carboxylic acids is 1. The van der Waals surface area contributed by atoms with Crippen LogP contribution < -0.4 is 5.32 Å².